The van der Waals surface area contributed by atoms with Crippen LogP contribution in [0.4, 0.5) is 0 Å². The molecule has 29 heavy (non-hydrogen) atoms. The van der Waals surface area contributed by atoms with Crippen LogP contribution in [0.15, 0.2) is 48.5 Å². The number of carbonyl (C=O) groups excluding carboxylic acids is 1. The molecule has 1 atom stereocenters. The van der Waals surface area contributed by atoms with E-state index >= 15 is 0 Å². The lowest BCUT2D eigenvalue weighted by Crippen LogP contribution is -2.41. The Labute approximate surface area is 171 Å². The van der Waals surface area contributed by atoms with Crippen molar-refractivity contribution in [3.05, 3.63) is 54.1 Å². The molecule has 0 aromatic heterocycles. The Kier molecular flexibility index (Phi) is 6.76. The molecule has 1 N–H and O–H groups in total. The molecule has 1 aliphatic heterocycles. The fourth-order valence-corrected chi connectivity index (χ4v) is 4.45. The number of para-hydroxylation sites is 3. The molecule has 0 radical (unpaired) electrons. The lowest BCUT2D eigenvalue weighted by atomic mass is 10.1. The van der Waals surface area contributed by atoms with Crippen molar-refractivity contribution >= 4 is 15.9 Å². The molecule has 0 bridgehead atoms. The molecule has 1 fully saturated rings. The van der Waals surface area contributed by atoms with Gasteiger partial charge in [0.1, 0.15) is 5.75 Å². The van der Waals surface area contributed by atoms with Gasteiger partial charge in [-0.25, -0.2) is 13.1 Å². The maximum absolute atomic E-state index is 13.3. The van der Waals surface area contributed by atoms with Crippen molar-refractivity contribution < 1.29 is 22.7 Å². The van der Waals surface area contributed by atoms with Crippen LogP contribution in [0.3, 0.4) is 0 Å². The summed E-state index contributed by atoms with van der Waals surface area (Å²) in [5.41, 5.74) is 0.396. The first kappa shape index (κ1) is 21.1. The van der Waals surface area contributed by atoms with E-state index in [4.69, 9.17) is 9.47 Å². The van der Waals surface area contributed by atoms with Crippen LogP contribution >= 0.6 is 0 Å². The van der Waals surface area contributed by atoms with Crippen molar-refractivity contribution in [3.63, 3.8) is 0 Å². The third-order valence-electron chi connectivity index (χ3n) is 4.85. The van der Waals surface area contributed by atoms with Gasteiger partial charge < -0.3 is 14.4 Å². The first-order chi connectivity index (χ1) is 13.9. The molecule has 1 unspecified atom stereocenters. The van der Waals surface area contributed by atoms with Crippen LogP contribution in [0.2, 0.25) is 0 Å². The van der Waals surface area contributed by atoms with E-state index < -0.39 is 10.0 Å². The van der Waals surface area contributed by atoms with Gasteiger partial charge in [-0.15, -0.1) is 0 Å². The molecule has 156 valence electrons. The molecule has 8 heteroatoms. The van der Waals surface area contributed by atoms with E-state index in [9.17, 15) is 13.2 Å². The highest BCUT2D eigenvalue weighted by Crippen LogP contribution is 2.34. The average molecular weight is 419 g/mol. The van der Waals surface area contributed by atoms with Gasteiger partial charge in [-0.1, -0.05) is 24.3 Å². The Balaban J connectivity index is 1.86. The monoisotopic (exact) mass is 418 g/mol. The van der Waals surface area contributed by atoms with Crippen molar-refractivity contribution in [2.24, 2.45) is 0 Å². The van der Waals surface area contributed by atoms with E-state index in [1.54, 1.807) is 35.2 Å². The topological polar surface area (TPSA) is 84.9 Å². The van der Waals surface area contributed by atoms with Crippen molar-refractivity contribution in [1.82, 2.24) is 9.62 Å². The van der Waals surface area contributed by atoms with Gasteiger partial charge in [0.2, 0.25) is 10.0 Å². The van der Waals surface area contributed by atoms with E-state index in [1.165, 1.54) is 7.05 Å². The van der Waals surface area contributed by atoms with E-state index in [0.717, 1.165) is 6.42 Å². The second kappa shape index (κ2) is 9.28. The largest absolute Gasteiger partial charge is 0.490 e. The third-order valence-corrected chi connectivity index (χ3v) is 6.29. The highest BCUT2D eigenvalue weighted by molar-refractivity contribution is 7.89. The molecule has 2 aromatic rings. The molecule has 0 saturated carbocycles. The van der Waals surface area contributed by atoms with Crippen LogP contribution in [-0.4, -0.2) is 51.2 Å². The van der Waals surface area contributed by atoms with Gasteiger partial charge >= 0.3 is 0 Å². The standard InChI is InChI=1S/C21H26N2O5S/c1-3-27-19-12-6-7-13-20(19)28-18-11-5-4-10-17(18)21(24)23-14-8-9-16(23)15-29(25,26)22-2/h4-7,10-13,16,22H,3,8-9,14-15H2,1-2H3. The minimum atomic E-state index is -3.41. The summed E-state index contributed by atoms with van der Waals surface area (Å²) < 4.78 is 37.9. The van der Waals surface area contributed by atoms with Crippen LogP contribution in [-0.2, 0) is 10.0 Å². The zero-order valence-corrected chi connectivity index (χ0v) is 17.4. The van der Waals surface area contributed by atoms with Crippen LogP contribution in [0.25, 0.3) is 0 Å². The zero-order chi connectivity index (χ0) is 20.9. The Bertz CT molecular complexity index is 961. The Morgan fingerprint density at radius 3 is 2.45 bits per heavy atom. The van der Waals surface area contributed by atoms with Crippen LogP contribution in [0.5, 0.6) is 17.2 Å². The summed E-state index contributed by atoms with van der Waals surface area (Å²) in [6, 6.07) is 13.9. The number of hydrogen-bond acceptors (Lipinski definition) is 5. The number of nitrogens with zero attached hydrogens (tertiary/aromatic N) is 1. The quantitative estimate of drug-likeness (QED) is 0.712. The molecule has 0 aliphatic carbocycles. The number of likely N-dealkylation sites (tertiary alicyclic amines) is 1. The first-order valence-corrected chi connectivity index (χ1v) is 11.3. The van der Waals surface area contributed by atoms with Gasteiger partial charge in [-0.3, -0.25) is 4.79 Å². The molecular formula is C21H26N2O5S. The summed E-state index contributed by atoms with van der Waals surface area (Å²) >= 11 is 0. The van der Waals surface area contributed by atoms with E-state index in [0.29, 0.717) is 42.4 Å². The van der Waals surface area contributed by atoms with Crippen molar-refractivity contribution in [2.45, 2.75) is 25.8 Å². The third kappa shape index (κ3) is 5.07. The Morgan fingerprint density at radius 1 is 1.10 bits per heavy atom. The SMILES string of the molecule is CCOc1ccccc1Oc1ccccc1C(=O)N1CCCC1CS(=O)(=O)NC. The minimum Gasteiger partial charge on any atom is -0.490 e. The normalized spacial score (nSPS) is 16.6. The van der Waals surface area contributed by atoms with Crippen LogP contribution in [0, 0.1) is 0 Å². The van der Waals surface area contributed by atoms with E-state index in [-0.39, 0.29) is 17.7 Å². The fraction of sp³-hybridized carbons (Fsp3) is 0.381. The van der Waals surface area contributed by atoms with Crippen LogP contribution in [0.1, 0.15) is 30.1 Å². The number of rotatable bonds is 8. The number of amides is 1. The smallest absolute Gasteiger partial charge is 0.257 e. The lowest BCUT2D eigenvalue weighted by Gasteiger charge is -2.25. The summed E-state index contributed by atoms with van der Waals surface area (Å²) in [4.78, 5) is 14.9. The number of sulfonamides is 1. The summed E-state index contributed by atoms with van der Waals surface area (Å²) in [5, 5.41) is 0. The molecular weight excluding hydrogens is 392 g/mol. The number of ether oxygens (including phenoxy) is 2. The van der Waals surface area contributed by atoms with Gasteiger partial charge in [0.25, 0.3) is 5.91 Å². The molecule has 1 saturated heterocycles. The summed E-state index contributed by atoms with van der Waals surface area (Å²) in [7, 11) is -2.03. The minimum absolute atomic E-state index is 0.106. The Hall–Kier alpha value is -2.58. The summed E-state index contributed by atoms with van der Waals surface area (Å²) in [6.45, 7) is 2.91. The number of hydrogen-bond donors (Lipinski definition) is 1. The molecule has 0 spiro atoms. The van der Waals surface area contributed by atoms with Crippen LogP contribution < -0.4 is 14.2 Å². The fourth-order valence-electron chi connectivity index (χ4n) is 3.43. The number of nitrogens with one attached hydrogen (secondary N) is 1. The van der Waals surface area contributed by atoms with E-state index in [1.807, 2.05) is 25.1 Å². The first-order valence-electron chi connectivity index (χ1n) is 9.66. The summed E-state index contributed by atoms with van der Waals surface area (Å²) in [6.07, 6.45) is 1.43. The predicted molar refractivity (Wildman–Crippen MR) is 111 cm³/mol. The molecule has 1 amide bonds. The van der Waals surface area contributed by atoms with E-state index in [2.05, 4.69) is 4.72 Å². The van der Waals surface area contributed by atoms with Gasteiger partial charge in [-0.2, -0.15) is 0 Å². The second-order valence-corrected chi connectivity index (χ2v) is 8.73. The maximum Gasteiger partial charge on any atom is 0.257 e. The number of benzene rings is 2. The molecule has 1 aliphatic rings. The lowest BCUT2D eigenvalue weighted by molar-refractivity contribution is 0.0746. The van der Waals surface area contributed by atoms with Crippen molar-refractivity contribution in [3.8, 4) is 17.2 Å². The van der Waals surface area contributed by atoms with Gasteiger partial charge in [0, 0.05) is 12.6 Å². The van der Waals surface area contributed by atoms with Crippen molar-refractivity contribution in [1.29, 1.82) is 0 Å². The summed E-state index contributed by atoms with van der Waals surface area (Å²) in [5.74, 6) is 1.18. The molecule has 3 rings (SSSR count). The van der Waals surface area contributed by atoms with Gasteiger partial charge in [0.15, 0.2) is 11.5 Å². The van der Waals surface area contributed by atoms with Gasteiger partial charge in [-0.05, 0) is 51.1 Å². The average Bonchev–Trinajstić information content (AvgIpc) is 3.17. The number of carbonyl (C=O) groups is 1. The second-order valence-electron chi connectivity index (χ2n) is 6.76. The zero-order valence-electron chi connectivity index (χ0n) is 16.6. The highest BCUT2D eigenvalue weighted by Gasteiger charge is 2.33. The molecule has 1 heterocycles. The van der Waals surface area contributed by atoms with Crippen molar-refractivity contribution in [2.75, 3.05) is 26.0 Å². The predicted octanol–water partition coefficient (Wildman–Crippen LogP) is 3.03. The molecule has 7 nitrogen and oxygen atoms in total. The Morgan fingerprint density at radius 2 is 1.76 bits per heavy atom. The molecule has 2 aromatic carbocycles. The van der Waals surface area contributed by atoms with Gasteiger partial charge in [0.05, 0.1) is 17.9 Å². The maximum atomic E-state index is 13.3. The highest BCUT2D eigenvalue weighted by atomic mass is 32.2.